The molecule has 0 radical (unpaired) electrons. The normalized spacial score (nSPS) is 20.5. The maximum Gasteiger partial charge on any atom is 0.261 e. The van der Waals surface area contributed by atoms with Gasteiger partial charge in [-0.15, -0.1) is 0 Å². The SMILES string of the molecule is Cc1cc(O[C@@H](C)C(=O)N[C@@H](C)[C@@H]2CCCO2)cc(C)c1Cl. The van der Waals surface area contributed by atoms with Gasteiger partial charge in [-0.25, -0.2) is 0 Å². The van der Waals surface area contributed by atoms with E-state index in [1.54, 1.807) is 6.92 Å². The number of carbonyl (C=O) groups is 1. The van der Waals surface area contributed by atoms with E-state index >= 15 is 0 Å². The Morgan fingerprint density at radius 2 is 2.00 bits per heavy atom. The minimum Gasteiger partial charge on any atom is -0.481 e. The molecule has 1 aliphatic heterocycles. The molecule has 0 saturated carbocycles. The first kappa shape index (κ1) is 17.1. The first-order valence-electron chi connectivity index (χ1n) is 7.74. The van der Waals surface area contributed by atoms with E-state index in [2.05, 4.69) is 5.32 Å². The highest BCUT2D eigenvalue weighted by Gasteiger charge is 2.25. The Kier molecular flexibility index (Phi) is 5.70. The minimum atomic E-state index is -0.566. The molecular formula is C17H24ClNO3. The third-order valence-electron chi connectivity index (χ3n) is 3.98. The number of rotatable bonds is 5. The highest BCUT2D eigenvalue weighted by atomic mass is 35.5. The van der Waals surface area contributed by atoms with Gasteiger partial charge in [0, 0.05) is 11.6 Å². The van der Waals surface area contributed by atoms with Gasteiger partial charge in [-0.05, 0) is 63.8 Å². The third kappa shape index (κ3) is 4.14. The van der Waals surface area contributed by atoms with Gasteiger partial charge in [0.15, 0.2) is 6.10 Å². The summed E-state index contributed by atoms with van der Waals surface area (Å²) in [5.41, 5.74) is 1.88. The lowest BCUT2D eigenvalue weighted by molar-refractivity contribution is -0.128. The van der Waals surface area contributed by atoms with Gasteiger partial charge in [0.25, 0.3) is 5.91 Å². The number of aryl methyl sites for hydroxylation is 2. The van der Waals surface area contributed by atoms with Crippen LogP contribution in [0.2, 0.25) is 5.02 Å². The Balaban J connectivity index is 1.93. The number of carbonyl (C=O) groups excluding carboxylic acids is 1. The van der Waals surface area contributed by atoms with Gasteiger partial charge in [0.1, 0.15) is 5.75 Å². The largest absolute Gasteiger partial charge is 0.481 e. The lowest BCUT2D eigenvalue weighted by Gasteiger charge is -2.22. The average molecular weight is 326 g/mol. The summed E-state index contributed by atoms with van der Waals surface area (Å²) in [5.74, 6) is 0.528. The van der Waals surface area contributed by atoms with Crippen molar-refractivity contribution in [2.45, 2.75) is 58.8 Å². The third-order valence-corrected chi connectivity index (χ3v) is 4.58. The molecule has 1 aromatic rings. The number of hydrogen-bond donors (Lipinski definition) is 1. The summed E-state index contributed by atoms with van der Waals surface area (Å²) in [6.45, 7) is 8.34. The molecule has 1 amide bonds. The second kappa shape index (κ2) is 7.34. The van der Waals surface area contributed by atoms with Crippen LogP contribution in [0, 0.1) is 13.8 Å². The summed E-state index contributed by atoms with van der Waals surface area (Å²) in [6.07, 6.45) is 1.59. The van der Waals surface area contributed by atoms with Crippen molar-refractivity contribution >= 4 is 17.5 Å². The Hall–Kier alpha value is -1.26. The fourth-order valence-corrected chi connectivity index (χ4v) is 2.77. The van der Waals surface area contributed by atoms with Crippen LogP contribution in [0.1, 0.15) is 37.8 Å². The molecule has 0 spiro atoms. The molecule has 2 rings (SSSR count). The van der Waals surface area contributed by atoms with Gasteiger partial charge in [-0.3, -0.25) is 4.79 Å². The fraction of sp³-hybridized carbons (Fsp3) is 0.588. The number of amides is 1. The second-order valence-corrected chi connectivity index (χ2v) is 6.36. The maximum atomic E-state index is 12.2. The second-order valence-electron chi connectivity index (χ2n) is 5.98. The number of halogens is 1. The van der Waals surface area contributed by atoms with Crippen LogP contribution in [0.25, 0.3) is 0 Å². The summed E-state index contributed by atoms with van der Waals surface area (Å²) in [4.78, 5) is 12.2. The van der Waals surface area contributed by atoms with Crippen molar-refractivity contribution < 1.29 is 14.3 Å². The van der Waals surface area contributed by atoms with Crippen LogP contribution < -0.4 is 10.1 Å². The van der Waals surface area contributed by atoms with Crippen LogP contribution >= 0.6 is 11.6 Å². The quantitative estimate of drug-likeness (QED) is 0.902. The first-order chi connectivity index (χ1) is 10.4. The van der Waals surface area contributed by atoms with E-state index in [1.165, 1.54) is 0 Å². The first-order valence-corrected chi connectivity index (χ1v) is 8.11. The minimum absolute atomic E-state index is 0.00487. The predicted molar refractivity (Wildman–Crippen MR) is 87.6 cm³/mol. The topological polar surface area (TPSA) is 47.6 Å². The van der Waals surface area contributed by atoms with Gasteiger partial charge in [0.2, 0.25) is 0 Å². The van der Waals surface area contributed by atoms with Crippen LogP contribution in [0.5, 0.6) is 5.75 Å². The number of ether oxygens (including phenoxy) is 2. The number of hydrogen-bond acceptors (Lipinski definition) is 3. The highest BCUT2D eigenvalue weighted by molar-refractivity contribution is 6.32. The molecular weight excluding hydrogens is 302 g/mol. The van der Waals surface area contributed by atoms with Gasteiger partial charge in [0.05, 0.1) is 12.1 Å². The van der Waals surface area contributed by atoms with Crippen molar-refractivity contribution in [2.24, 2.45) is 0 Å². The van der Waals surface area contributed by atoms with Crippen LogP contribution in [-0.4, -0.2) is 30.8 Å². The summed E-state index contributed by atoms with van der Waals surface area (Å²) < 4.78 is 11.3. The van der Waals surface area contributed by atoms with E-state index in [0.717, 1.165) is 35.6 Å². The molecule has 0 aliphatic carbocycles. The molecule has 3 atom stereocenters. The summed E-state index contributed by atoms with van der Waals surface area (Å²) in [5, 5.41) is 3.70. The standard InChI is InChI=1S/C17H24ClNO3/c1-10-8-14(9-11(2)16(10)18)22-13(4)17(20)19-12(3)15-6-5-7-21-15/h8-9,12-13,15H,5-7H2,1-4H3,(H,19,20)/t12-,13-,15-/m0/s1. The molecule has 1 aromatic carbocycles. The van der Waals surface area contributed by atoms with E-state index in [0.29, 0.717) is 5.75 Å². The molecule has 5 heteroatoms. The summed E-state index contributed by atoms with van der Waals surface area (Å²) in [7, 11) is 0. The molecule has 0 bridgehead atoms. The zero-order chi connectivity index (χ0) is 16.3. The van der Waals surface area contributed by atoms with E-state index in [4.69, 9.17) is 21.1 Å². The van der Waals surface area contributed by atoms with Crippen molar-refractivity contribution in [1.29, 1.82) is 0 Å². The Morgan fingerprint density at radius 1 is 1.36 bits per heavy atom. The number of benzene rings is 1. The monoisotopic (exact) mass is 325 g/mol. The zero-order valence-electron chi connectivity index (χ0n) is 13.6. The van der Waals surface area contributed by atoms with Gasteiger partial charge in [-0.1, -0.05) is 11.6 Å². The highest BCUT2D eigenvalue weighted by Crippen LogP contribution is 2.26. The summed E-state index contributed by atoms with van der Waals surface area (Å²) >= 11 is 6.14. The van der Waals surface area contributed by atoms with Gasteiger partial charge >= 0.3 is 0 Å². The Morgan fingerprint density at radius 3 is 2.55 bits per heavy atom. The van der Waals surface area contributed by atoms with Crippen molar-refractivity contribution in [3.05, 3.63) is 28.3 Å². The van der Waals surface area contributed by atoms with Gasteiger partial charge in [-0.2, -0.15) is 0 Å². The lowest BCUT2D eigenvalue weighted by atomic mass is 10.1. The molecule has 122 valence electrons. The average Bonchev–Trinajstić information content (AvgIpc) is 2.98. The van der Waals surface area contributed by atoms with E-state index in [9.17, 15) is 4.79 Å². The lowest BCUT2D eigenvalue weighted by Crippen LogP contribution is -2.46. The van der Waals surface area contributed by atoms with Crippen molar-refractivity contribution in [2.75, 3.05) is 6.61 Å². The number of nitrogens with one attached hydrogen (secondary N) is 1. The van der Waals surface area contributed by atoms with Crippen LogP contribution in [0.3, 0.4) is 0 Å². The molecule has 1 fully saturated rings. The van der Waals surface area contributed by atoms with Crippen molar-refractivity contribution in [1.82, 2.24) is 5.32 Å². The molecule has 1 saturated heterocycles. The maximum absolute atomic E-state index is 12.2. The molecule has 1 aliphatic rings. The van der Waals surface area contributed by atoms with Crippen molar-refractivity contribution in [3.8, 4) is 5.75 Å². The van der Waals surface area contributed by atoms with Crippen molar-refractivity contribution in [3.63, 3.8) is 0 Å². The molecule has 0 aromatic heterocycles. The Bertz CT molecular complexity index is 518. The molecule has 22 heavy (non-hydrogen) atoms. The van der Waals surface area contributed by atoms with E-state index in [-0.39, 0.29) is 18.1 Å². The molecule has 1 heterocycles. The van der Waals surface area contributed by atoms with Crippen LogP contribution in [0.4, 0.5) is 0 Å². The molecule has 0 unspecified atom stereocenters. The molecule has 1 N–H and O–H groups in total. The van der Waals surface area contributed by atoms with E-state index < -0.39 is 6.10 Å². The van der Waals surface area contributed by atoms with Crippen LogP contribution in [0.15, 0.2) is 12.1 Å². The van der Waals surface area contributed by atoms with Gasteiger partial charge < -0.3 is 14.8 Å². The summed E-state index contributed by atoms with van der Waals surface area (Å²) in [6, 6.07) is 3.69. The smallest absolute Gasteiger partial charge is 0.261 e. The molecule has 4 nitrogen and oxygen atoms in total. The predicted octanol–water partition coefficient (Wildman–Crippen LogP) is 3.41. The fourth-order valence-electron chi connectivity index (χ4n) is 2.66. The zero-order valence-corrected chi connectivity index (χ0v) is 14.4. The Labute approximate surface area is 137 Å². The van der Waals surface area contributed by atoms with E-state index in [1.807, 2.05) is 32.9 Å². The van der Waals surface area contributed by atoms with Crippen LogP contribution in [-0.2, 0) is 9.53 Å².